The molecule has 2 rings (SSSR count). The fourth-order valence-corrected chi connectivity index (χ4v) is 2.70. The minimum Gasteiger partial charge on any atom is -0.393 e. The summed E-state index contributed by atoms with van der Waals surface area (Å²) < 4.78 is 0. The molecule has 0 spiro atoms. The first-order chi connectivity index (χ1) is 6.79. The van der Waals surface area contributed by atoms with E-state index in [1.54, 1.807) is 0 Å². The summed E-state index contributed by atoms with van der Waals surface area (Å²) in [6.45, 7) is 2.27. The van der Waals surface area contributed by atoms with Crippen molar-refractivity contribution in [2.45, 2.75) is 70.1 Å². The molecule has 0 amide bonds. The Kier molecular flexibility index (Phi) is 3.45. The zero-order valence-corrected chi connectivity index (χ0v) is 9.21. The maximum absolute atomic E-state index is 9.58. The van der Waals surface area contributed by atoms with Gasteiger partial charge in [-0.1, -0.05) is 6.92 Å². The molecule has 0 aromatic heterocycles. The lowest BCUT2D eigenvalue weighted by molar-refractivity contribution is 0.107. The second kappa shape index (κ2) is 4.63. The normalized spacial score (nSPS) is 35.6. The van der Waals surface area contributed by atoms with Crippen LogP contribution in [0, 0.1) is 5.92 Å². The molecular formula is C12H23NO. The average molecular weight is 197 g/mol. The fourth-order valence-electron chi connectivity index (χ4n) is 2.70. The fraction of sp³-hybridized carbons (Fsp3) is 1.00. The molecule has 0 aromatic carbocycles. The van der Waals surface area contributed by atoms with E-state index in [0.29, 0.717) is 6.04 Å². The number of aliphatic hydroxyl groups excluding tert-OH is 1. The van der Waals surface area contributed by atoms with Gasteiger partial charge in [-0.3, -0.25) is 0 Å². The molecule has 2 saturated carbocycles. The van der Waals surface area contributed by atoms with Gasteiger partial charge in [-0.2, -0.15) is 0 Å². The molecule has 82 valence electrons. The van der Waals surface area contributed by atoms with Gasteiger partial charge < -0.3 is 10.4 Å². The van der Waals surface area contributed by atoms with Crippen LogP contribution < -0.4 is 5.32 Å². The zero-order valence-electron chi connectivity index (χ0n) is 9.21. The standard InChI is InChI=1S/C12H23NO/c1-2-12(9-6-7-9)13-10-4-3-5-11(14)8-10/h9-14H,2-8H2,1H3. The maximum atomic E-state index is 9.58. The summed E-state index contributed by atoms with van der Waals surface area (Å²) in [6, 6.07) is 1.31. The van der Waals surface area contributed by atoms with Gasteiger partial charge in [0, 0.05) is 12.1 Å². The van der Waals surface area contributed by atoms with Gasteiger partial charge in [-0.15, -0.1) is 0 Å². The average Bonchev–Trinajstić information content (AvgIpc) is 2.97. The number of hydrogen-bond donors (Lipinski definition) is 2. The number of hydrogen-bond acceptors (Lipinski definition) is 2. The molecule has 2 nitrogen and oxygen atoms in total. The Morgan fingerprint density at radius 3 is 2.64 bits per heavy atom. The summed E-state index contributed by atoms with van der Waals surface area (Å²) in [5.41, 5.74) is 0. The molecule has 2 aliphatic rings. The van der Waals surface area contributed by atoms with Crippen LogP contribution in [-0.4, -0.2) is 23.3 Å². The van der Waals surface area contributed by atoms with E-state index in [1.165, 1.54) is 32.1 Å². The summed E-state index contributed by atoms with van der Waals surface area (Å²) in [7, 11) is 0. The van der Waals surface area contributed by atoms with E-state index in [-0.39, 0.29) is 6.10 Å². The lowest BCUT2D eigenvalue weighted by Gasteiger charge is -2.30. The summed E-state index contributed by atoms with van der Waals surface area (Å²) >= 11 is 0. The van der Waals surface area contributed by atoms with Crippen LogP contribution in [0.1, 0.15) is 51.9 Å². The Morgan fingerprint density at radius 1 is 1.29 bits per heavy atom. The highest BCUT2D eigenvalue weighted by Gasteiger charge is 2.32. The van der Waals surface area contributed by atoms with Crippen molar-refractivity contribution < 1.29 is 5.11 Å². The Labute approximate surface area is 87.1 Å². The number of nitrogens with one attached hydrogen (secondary N) is 1. The molecule has 14 heavy (non-hydrogen) atoms. The molecule has 3 atom stereocenters. The monoisotopic (exact) mass is 197 g/mol. The molecule has 0 saturated heterocycles. The van der Waals surface area contributed by atoms with Crippen molar-refractivity contribution in [2.24, 2.45) is 5.92 Å². The molecular weight excluding hydrogens is 174 g/mol. The van der Waals surface area contributed by atoms with Crippen molar-refractivity contribution in [3.8, 4) is 0 Å². The molecule has 0 heterocycles. The maximum Gasteiger partial charge on any atom is 0.0555 e. The van der Waals surface area contributed by atoms with E-state index < -0.39 is 0 Å². The topological polar surface area (TPSA) is 32.3 Å². The van der Waals surface area contributed by atoms with Gasteiger partial charge in [0.15, 0.2) is 0 Å². The van der Waals surface area contributed by atoms with E-state index in [4.69, 9.17) is 0 Å². The second-order valence-corrected chi connectivity index (χ2v) is 5.04. The molecule has 2 heteroatoms. The second-order valence-electron chi connectivity index (χ2n) is 5.04. The van der Waals surface area contributed by atoms with Crippen molar-refractivity contribution in [3.05, 3.63) is 0 Å². The lowest BCUT2D eigenvalue weighted by atomic mass is 9.92. The van der Waals surface area contributed by atoms with E-state index >= 15 is 0 Å². The summed E-state index contributed by atoms with van der Waals surface area (Å²) in [5.74, 6) is 0.944. The van der Waals surface area contributed by atoms with Crippen LogP contribution in [0.3, 0.4) is 0 Å². The van der Waals surface area contributed by atoms with Gasteiger partial charge in [0.2, 0.25) is 0 Å². The van der Waals surface area contributed by atoms with Crippen molar-refractivity contribution in [1.29, 1.82) is 0 Å². The number of rotatable bonds is 4. The third-order valence-corrected chi connectivity index (χ3v) is 3.73. The van der Waals surface area contributed by atoms with Gasteiger partial charge in [0.05, 0.1) is 6.10 Å². The summed E-state index contributed by atoms with van der Waals surface area (Å²) in [5, 5.41) is 13.3. The van der Waals surface area contributed by atoms with E-state index in [1.807, 2.05) is 0 Å². The van der Waals surface area contributed by atoms with E-state index in [2.05, 4.69) is 12.2 Å². The van der Waals surface area contributed by atoms with E-state index in [0.717, 1.165) is 24.8 Å². The van der Waals surface area contributed by atoms with Gasteiger partial charge in [0.1, 0.15) is 0 Å². The SMILES string of the molecule is CCC(NC1CCCC(O)C1)C1CC1. The quantitative estimate of drug-likeness (QED) is 0.723. The predicted octanol–water partition coefficient (Wildman–Crippen LogP) is 2.07. The zero-order chi connectivity index (χ0) is 9.97. The van der Waals surface area contributed by atoms with Crippen LogP contribution in [0.2, 0.25) is 0 Å². The van der Waals surface area contributed by atoms with Crippen LogP contribution in [0.5, 0.6) is 0 Å². The Hall–Kier alpha value is -0.0800. The van der Waals surface area contributed by atoms with Gasteiger partial charge in [0.25, 0.3) is 0 Å². The Bertz CT molecular complexity index is 179. The first-order valence-electron chi connectivity index (χ1n) is 6.23. The molecule has 0 aromatic rings. The van der Waals surface area contributed by atoms with Crippen LogP contribution in [0.15, 0.2) is 0 Å². The summed E-state index contributed by atoms with van der Waals surface area (Å²) in [4.78, 5) is 0. The highest BCUT2D eigenvalue weighted by molar-refractivity contribution is 4.89. The third kappa shape index (κ3) is 2.71. The minimum absolute atomic E-state index is 0.0436. The Balaban J connectivity index is 1.76. The van der Waals surface area contributed by atoms with Gasteiger partial charge in [-0.25, -0.2) is 0 Å². The summed E-state index contributed by atoms with van der Waals surface area (Å²) in [6.07, 6.45) is 8.48. The highest BCUT2D eigenvalue weighted by atomic mass is 16.3. The smallest absolute Gasteiger partial charge is 0.0555 e. The molecule has 2 N–H and O–H groups in total. The van der Waals surface area contributed by atoms with Crippen molar-refractivity contribution >= 4 is 0 Å². The molecule has 2 fully saturated rings. The van der Waals surface area contributed by atoms with Crippen LogP contribution >= 0.6 is 0 Å². The molecule has 2 aliphatic carbocycles. The largest absolute Gasteiger partial charge is 0.393 e. The molecule has 3 unspecified atom stereocenters. The van der Waals surface area contributed by atoms with Crippen molar-refractivity contribution in [1.82, 2.24) is 5.32 Å². The third-order valence-electron chi connectivity index (χ3n) is 3.73. The Morgan fingerprint density at radius 2 is 2.07 bits per heavy atom. The lowest BCUT2D eigenvalue weighted by Crippen LogP contribution is -2.43. The van der Waals surface area contributed by atoms with Gasteiger partial charge >= 0.3 is 0 Å². The van der Waals surface area contributed by atoms with Crippen molar-refractivity contribution in [3.63, 3.8) is 0 Å². The van der Waals surface area contributed by atoms with Crippen LogP contribution in [-0.2, 0) is 0 Å². The first-order valence-corrected chi connectivity index (χ1v) is 6.23. The molecule has 0 aliphatic heterocycles. The predicted molar refractivity (Wildman–Crippen MR) is 58.2 cm³/mol. The van der Waals surface area contributed by atoms with Crippen LogP contribution in [0.25, 0.3) is 0 Å². The number of aliphatic hydroxyl groups is 1. The minimum atomic E-state index is -0.0436. The molecule has 0 bridgehead atoms. The van der Waals surface area contributed by atoms with E-state index in [9.17, 15) is 5.11 Å². The van der Waals surface area contributed by atoms with Gasteiger partial charge in [-0.05, 0) is 50.9 Å². The van der Waals surface area contributed by atoms with Crippen molar-refractivity contribution in [2.75, 3.05) is 0 Å². The molecule has 0 radical (unpaired) electrons. The van der Waals surface area contributed by atoms with Crippen LogP contribution in [0.4, 0.5) is 0 Å². The first kappa shape index (κ1) is 10.4. The highest BCUT2D eigenvalue weighted by Crippen LogP contribution is 2.34.